The second kappa shape index (κ2) is 6.69. The monoisotopic (exact) mass is 274 g/mol. The fraction of sp³-hybridized carbons (Fsp3) is 0.312. The summed E-state index contributed by atoms with van der Waals surface area (Å²) < 4.78 is 0. The van der Waals surface area contributed by atoms with E-state index >= 15 is 0 Å². The Morgan fingerprint density at radius 1 is 1.32 bits per heavy atom. The van der Waals surface area contributed by atoms with E-state index in [9.17, 15) is 0 Å². The first-order chi connectivity index (χ1) is 9.22. The summed E-state index contributed by atoms with van der Waals surface area (Å²) in [5, 5.41) is 4.34. The molecular formula is C16H19ClN2. The predicted octanol–water partition coefficient (Wildman–Crippen LogP) is 4.13. The molecule has 0 saturated heterocycles. The van der Waals surface area contributed by atoms with Gasteiger partial charge in [0.2, 0.25) is 0 Å². The molecule has 0 aliphatic carbocycles. The number of benzene rings is 1. The van der Waals surface area contributed by atoms with Crippen LogP contribution in [0.25, 0.3) is 0 Å². The van der Waals surface area contributed by atoms with Crippen molar-refractivity contribution in [3.63, 3.8) is 0 Å². The molecule has 100 valence electrons. The summed E-state index contributed by atoms with van der Waals surface area (Å²) in [7, 11) is 0. The second-order valence-electron chi connectivity index (χ2n) is 4.67. The number of hydrogen-bond donors (Lipinski definition) is 1. The molecule has 0 radical (unpaired) electrons. The maximum absolute atomic E-state index is 6.14. The number of aromatic nitrogens is 1. The van der Waals surface area contributed by atoms with E-state index in [1.807, 2.05) is 24.4 Å². The molecule has 1 aromatic heterocycles. The van der Waals surface area contributed by atoms with Crippen molar-refractivity contribution in [3.05, 3.63) is 64.4 Å². The standard InChI is InChI=1S/C16H19ClN2/c1-3-8-19-16(13-5-4-9-18-11-13)15-10-14(17)7-6-12(15)2/h4-7,9-11,16,19H,3,8H2,1-2H3. The summed E-state index contributed by atoms with van der Waals surface area (Å²) >= 11 is 6.14. The molecule has 1 N–H and O–H groups in total. The lowest BCUT2D eigenvalue weighted by molar-refractivity contribution is 0.595. The summed E-state index contributed by atoms with van der Waals surface area (Å²) in [5.74, 6) is 0. The molecule has 1 aromatic carbocycles. The summed E-state index contributed by atoms with van der Waals surface area (Å²) in [5.41, 5.74) is 3.62. The highest BCUT2D eigenvalue weighted by Crippen LogP contribution is 2.27. The Labute approximate surface area is 119 Å². The molecule has 0 spiro atoms. The summed E-state index contributed by atoms with van der Waals surface area (Å²) in [6, 6.07) is 10.2. The van der Waals surface area contributed by atoms with E-state index in [0.29, 0.717) is 0 Å². The third-order valence-corrected chi connectivity index (χ3v) is 3.40. The number of nitrogens with zero attached hydrogens (tertiary/aromatic N) is 1. The smallest absolute Gasteiger partial charge is 0.0595 e. The minimum absolute atomic E-state index is 0.146. The Morgan fingerprint density at radius 3 is 2.84 bits per heavy atom. The Balaban J connectivity index is 2.40. The normalized spacial score (nSPS) is 12.4. The van der Waals surface area contributed by atoms with Gasteiger partial charge in [0.15, 0.2) is 0 Å². The third kappa shape index (κ3) is 3.55. The van der Waals surface area contributed by atoms with Crippen LogP contribution in [0.4, 0.5) is 0 Å². The average molecular weight is 275 g/mol. The van der Waals surface area contributed by atoms with Gasteiger partial charge in [-0.05, 0) is 54.8 Å². The Bertz CT molecular complexity index is 526. The van der Waals surface area contributed by atoms with Gasteiger partial charge in [-0.15, -0.1) is 0 Å². The molecule has 2 rings (SSSR count). The zero-order chi connectivity index (χ0) is 13.7. The van der Waals surface area contributed by atoms with Gasteiger partial charge in [0.25, 0.3) is 0 Å². The number of rotatable bonds is 5. The molecule has 19 heavy (non-hydrogen) atoms. The van der Waals surface area contributed by atoms with Crippen molar-refractivity contribution in [2.45, 2.75) is 26.3 Å². The largest absolute Gasteiger partial charge is 0.306 e. The molecule has 2 aromatic rings. The van der Waals surface area contributed by atoms with Gasteiger partial charge in [0.1, 0.15) is 0 Å². The Kier molecular flexibility index (Phi) is 4.94. The van der Waals surface area contributed by atoms with Crippen LogP contribution in [0.2, 0.25) is 5.02 Å². The first-order valence-electron chi connectivity index (χ1n) is 6.61. The fourth-order valence-corrected chi connectivity index (χ4v) is 2.35. The van der Waals surface area contributed by atoms with Crippen LogP contribution in [0.5, 0.6) is 0 Å². The zero-order valence-corrected chi connectivity index (χ0v) is 12.1. The molecule has 1 heterocycles. The lowest BCUT2D eigenvalue weighted by atomic mass is 9.96. The number of halogens is 1. The van der Waals surface area contributed by atoms with Gasteiger partial charge in [-0.3, -0.25) is 4.98 Å². The Hall–Kier alpha value is -1.38. The highest BCUT2D eigenvalue weighted by Gasteiger charge is 2.15. The highest BCUT2D eigenvalue weighted by molar-refractivity contribution is 6.30. The van der Waals surface area contributed by atoms with E-state index < -0.39 is 0 Å². The molecule has 0 aliphatic rings. The van der Waals surface area contributed by atoms with Crippen LogP contribution in [0.1, 0.15) is 36.1 Å². The quantitative estimate of drug-likeness (QED) is 0.887. The third-order valence-electron chi connectivity index (χ3n) is 3.17. The summed E-state index contributed by atoms with van der Waals surface area (Å²) in [4.78, 5) is 4.22. The topological polar surface area (TPSA) is 24.9 Å². The highest BCUT2D eigenvalue weighted by atomic mass is 35.5. The first kappa shape index (κ1) is 14.0. The van der Waals surface area contributed by atoms with E-state index in [1.165, 1.54) is 16.7 Å². The van der Waals surface area contributed by atoms with Gasteiger partial charge < -0.3 is 5.32 Å². The van der Waals surface area contributed by atoms with Crippen molar-refractivity contribution >= 4 is 11.6 Å². The molecule has 0 saturated carbocycles. The van der Waals surface area contributed by atoms with Crippen LogP contribution < -0.4 is 5.32 Å². The van der Waals surface area contributed by atoms with Crippen molar-refractivity contribution in [2.24, 2.45) is 0 Å². The molecule has 0 bridgehead atoms. The van der Waals surface area contributed by atoms with E-state index in [2.05, 4.69) is 36.3 Å². The summed E-state index contributed by atoms with van der Waals surface area (Å²) in [6.07, 6.45) is 4.80. The van der Waals surface area contributed by atoms with Gasteiger partial charge >= 0.3 is 0 Å². The molecule has 0 amide bonds. The van der Waals surface area contributed by atoms with Crippen LogP contribution >= 0.6 is 11.6 Å². The second-order valence-corrected chi connectivity index (χ2v) is 5.11. The molecule has 0 fully saturated rings. The van der Waals surface area contributed by atoms with Crippen molar-refractivity contribution in [2.75, 3.05) is 6.54 Å². The summed E-state index contributed by atoms with van der Waals surface area (Å²) in [6.45, 7) is 5.24. The minimum Gasteiger partial charge on any atom is -0.306 e. The van der Waals surface area contributed by atoms with Gasteiger partial charge in [0.05, 0.1) is 6.04 Å². The van der Waals surface area contributed by atoms with Crippen LogP contribution in [0.15, 0.2) is 42.7 Å². The fourth-order valence-electron chi connectivity index (χ4n) is 2.17. The van der Waals surface area contributed by atoms with Gasteiger partial charge in [-0.2, -0.15) is 0 Å². The lowest BCUT2D eigenvalue weighted by Crippen LogP contribution is -2.24. The molecule has 3 heteroatoms. The van der Waals surface area contributed by atoms with Gasteiger partial charge in [0, 0.05) is 17.4 Å². The lowest BCUT2D eigenvalue weighted by Gasteiger charge is -2.21. The van der Waals surface area contributed by atoms with Crippen molar-refractivity contribution < 1.29 is 0 Å². The number of aryl methyl sites for hydroxylation is 1. The number of hydrogen-bond acceptors (Lipinski definition) is 2. The Morgan fingerprint density at radius 2 is 2.16 bits per heavy atom. The average Bonchev–Trinajstić information content (AvgIpc) is 2.44. The predicted molar refractivity (Wildman–Crippen MR) is 80.6 cm³/mol. The van der Waals surface area contributed by atoms with Crippen LogP contribution in [-0.4, -0.2) is 11.5 Å². The van der Waals surface area contributed by atoms with E-state index in [1.54, 1.807) is 6.20 Å². The minimum atomic E-state index is 0.146. The molecule has 1 unspecified atom stereocenters. The SMILES string of the molecule is CCCNC(c1cccnc1)c1cc(Cl)ccc1C. The number of nitrogens with one attached hydrogen (secondary N) is 1. The van der Waals surface area contributed by atoms with Gasteiger partial charge in [-0.1, -0.05) is 30.7 Å². The van der Waals surface area contributed by atoms with Crippen molar-refractivity contribution in [1.29, 1.82) is 0 Å². The van der Waals surface area contributed by atoms with E-state index in [0.717, 1.165) is 18.0 Å². The van der Waals surface area contributed by atoms with Crippen molar-refractivity contribution in [1.82, 2.24) is 10.3 Å². The van der Waals surface area contributed by atoms with E-state index in [4.69, 9.17) is 11.6 Å². The van der Waals surface area contributed by atoms with Crippen LogP contribution in [-0.2, 0) is 0 Å². The molecule has 0 aliphatic heterocycles. The first-order valence-corrected chi connectivity index (χ1v) is 6.99. The molecular weight excluding hydrogens is 256 g/mol. The maximum atomic E-state index is 6.14. The molecule has 1 atom stereocenters. The van der Waals surface area contributed by atoms with Gasteiger partial charge in [-0.25, -0.2) is 0 Å². The van der Waals surface area contributed by atoms with Crippen molar-refractivity contribution in [3.8, 4) is 0 Å². The van der Waals surface area contributed by atoms with E-state index in [-0.39, 0.29) is 6.04 Å². The number of pyridine rings is 1. The van der Waals surface area contributed by atoms with Crippen LogP contribution in [0.3, 0.4) is 0 Å². The van der Waals surface area contributed by atoms with Crippen LogP contribution in [0, 0.1) is 6.92 Å². The zero-order valence-electron chi connectivity index (χ0n) is 11.4. The maximum Gasteiger partial charge on any atom is 0.0595 e. The molecule has 2 nitrogen and oxygen atoms in total.